The molecule has 1 heterocycles. The zero-order valence-electron chi connectivity index (χ0n) is 17.4. The molecule has 0 radical (unpaired) electrons. The molecule has 1 aromatic carbocycles. The Morgan fingerprint density at radius 1 is 1.13 bits per heavy atom. The number of hydrogen-bond donors (Lipinski definition) is 2. The fourth-order valence-electron chi connectivity index (χ4n) is 3.25. The number of carbonyl (C=O) groups is 5. The Labute approximate surface area is 175 Å². The highest BCUT2D eigenvalue weighted by atomic mass is 16.5. The maximum atomic E-state index is 12.5. The van der Waals surface area contributed by atoms with E-state index in [1.807, 2.05) is 30.3 Å². The molecule has 1 fully saturated rings. The lowest BCUT2D eigenvalue weighted by Crippen LogP contribution is -2.46. The van der Waals surface area contributed by atoms with Crippen molar-refractivity contribution in [2.45, 2.75) is 51.6 Å². The van der Waals surface area contributed by atoms with Gasteiger partial charge in [-0.25, -0.2) is 4.79 Å². The second kappa shape index (κ2) is 10.00. The van der Waals surface area contributed by atoms with E-state index in [4.69, 9.17) is 4.74 Å². The van der Waals surface area contributed by atoms with Gasteiger partial charge in [0, 0.05) is 0 Å². The van der Waals surface area contributed by atoms with Gasteiger partial charge in [-0.15, -0.1) is 0 Å². The number of ketones is 1. The summed E-state index contributed by atoms with van der Waals surface area (Å²) >= 11 is 0. The van der Waals surface area contributed by atoms with Crippen LogP contribution in [0.1, 0.15) is 39.2 Å². The first kappa shape index (κ1) is 23.1. The first-order valence-electron chi connectivity index (χ1n) is 9.86. The Hall–Kier alpha value is -3.23. The van der Waals surface area contributed by atoms with Crippen LogP contribution in [-0.2, 0) is 30.3 Å². The van der Waals surface area contributed by atoms with Crippen molar-refractivity contribution < 1.29 is 28.7 Å². The lowest BCUT2D eigenvalue weighted by molar-refractivity contribution is -0.151. The minimum Gasteiger partial charge on any atom is -0.454 e. The Morgan fingerprint density at radius 3 is 2.30 bits per heavy atom. The predicted octanol–water partition coefficient (Wildman–Crippen LogP) is 0.957. The summed E-state index contributed by atoms with van der Waals surface area (Å²) in [6, 6.07) is 7.78. The minimum absolute atomic E-state index is 0.228. The third-order valence-electron chi connectivity index (χ3n) is 5.21. The third-order valence-corrected chi connectivity index (χ3v) is 5.21. The van der Waals surface area contributed by atoms with Crippen molar-refractivity contribution in [2.75, 3.05) is 13.2 Å². The van der Waals surface area contributed by atoms with Crippen molar-refractivity contribution in [3.63, 3.8) is 0 Å². The van der Waals surface area contributed by atoms with E-state index in [1.54, 1.807) is 13.8 Å². The van der Waals surface area contributed by atoms with Crippen LogP contribution in [-0.4, -0.2) is 59.2 Å². The molecule has 0 spiro atoms. The minimum atomic E-state index is -1.01. The van der Waals surface area contributed by atoms with Crippen molar-refractivity contribution in [1.82, 2.24) is 15.5 Å². The van der Waals surface area contributed by atoms with Gasteiger partial charge in [0.2, 0.25) is 0 Å². The molecule has 2 N–H and O–H groups in total. The van der Waals surface area contributed by atoms with Crippen LogP contribution in [0.5, 0.6) is 0 Å². The van der Waals surface area contributed by atoms with Gasteiger partial charge < -0.3 is 15.4 Å². The first-order chi connectivity index (χ1) is 14.2. The molecule has 0 aliphatic carbocycles. The largest absolute Gasteiger partial charge is 0.454 e. The molecular formula is C21H27N3O6. The van der Waals surface area contributed by atoms with Crippen molar-refractivity contribution in [1.29, 1.82) is 0 Å². The van der Waals surface area contributed by atoms with Gasteiger partial charge in [0.25, 0.3) is 11.8 Å². The number of hydrogen-bond acceptors (Lipinski definition) is 6. The van der Waals surface area contributed by atoms with E-state index in [0.717, 1.165) is 10.5 Å². The summed E-state index contributed by atoms with van der Waals surface area (Å²) in [5.41, 5.74) is -0.134. The van der Waals surface area contributed by atoms with E-state index in [0.29, 0.717) is 19.3 Å². The molecule has 0 bridgehead atoms. The summed E-state index contributed by atoms with van der Waals surface area (Å²) in [5.74, 6) is -2.25. The first-order valence-corrected chi connectivity index (χ1v) is 9.86. The average Bonchev–Trinajstić information content (AvgIpc) is 2.97. The lowest BCUT2D eigenvalue weighted by Gasteiger charge is -2.22. The summed E-state index contributed by atoms with van der Waals surface area (Å²) in [4.78, 5) is 61.3. The van der Waals surface area contributed by atoms with E-state index in [1.165, 1.54) is 6.92 Å². The zero-order chi connectivity index (χ0) is 22.3. The number of nitrogens with one attached hydrogen (secondary N) is 2. The molecule has 0 saturated carbocycles. The number of rotatable bonds is 10. The maximum absolute atomic E-state index is 12.5. The zero-order valence-corrected chi connectivity index (χ0v) is 17.4. The van der Waals surface area contributed by atoms with Crippen LogP contribution >= 0.6 is 0 Å². The second-order valence-electron chi connectivity index (χ2n) is 7.19. The van der Waals surface area contributed by atoms with Crippen molar-refractivity contribution in [2.24, 2.45) is 0 Å². The number of imide groups is 1. The van der Waals surface area contributed by atoms with Gasteiger partial charge in [-0.2, -0.15) is 0 Å². The Bertz CT molecular complexity index is 819. The number of urea groups is 1. The van der Waals surface area contributed by atoms with Gasteiger partial charge in [0.05, 0.1) is 6.04 Å². The molecular weight excluding hydrogens is 390 g/mol. The van der Waals surface area contributed by atoms with E-state index < -0.39 is 48.5 Å². The fraction of sp³-hybridized carbons (Fsp3) is 0.476. The summed E-state index contributed by atoms with van der Waals surface area (Å²) in [6.07, 6.45) is 1.11. The summed E-state index contributed by atoms with van der Waals surface area (Å²) < 4.78 is 4.89. The average molecular weight is 417 g/mol. The molecule has 4 amide bonds. The number of ether oxygens (including phenoxy) is 1. The van der Waals surface area contributed by atoms with Gasteiger partial charge in [-0.3, -0.25) is 24.1 Å². The standard InChI is InChI=1S/C21H27N3O6/c1-4-21(5-2)19(28)24(20(29)23-21)12-18(27)30-13-17(26)22-16(14(3)25)11-15-9-7-6-8-10-15/h6-10,16H,4-5,11-13H2,1-3H3,(H,22,26)(H,23,29)/t16-/m1/s1. The number of nitrogens with zero attached hydrogens (tertiary/aromatic N) is 1. The smallest absolute Gasteiger partial charge is 0.326 e. The van der Waals surface area contributed by atoms with Crippen LogP contribution in [0.4, 0.5) is 4.79 Å². The summed E-state index contributed by atoms with van der Waals surface area (Å²) in [6.45, 7) is 3.71. The molecule has 1 atom stereocenters. The Morgan fingerprint density at radius 2 is 1.77 bits per heavy atom. The van der Waals surface area contributed by atoms with Crippen LogP contribution in [0.25, 0.3) is 0 Å². The van der Waals surface area contributed by atoms with Gasteiger partial charge >= 0.3 is 12.0 Å². The van der Waals surface area contributed by atoms with Gasteiger partial charge in [0.1, 0.15) is 12.1 Å². The molecule has 0 aromatic heterocycles. The Kier molecular flexibility index (Phi) is 7.68. The molecule has 0 unspecified atom stereocenters. The SMILES string of the molecule is CCC1(CC)NC(=O)N(CC(=O)OCC(=O)N[C@H](Cc2ccccc2)C(C)=O)C1=O. The topological polar surface area (TPSA) is 122 Å². The van der Waals surface area contributed by atoms with Gasteiger partial charge in [-0.1, -0.05) is 44.2 Å². The van der Waals surface area contributed by atoms with E-state index in [-0.39, 0.29) is 5.78 Å². The number of Topliss-reactive ketones (excluding diaryl/α,β-unsaturated/α-hetero) is 1. The molecule has 1 saturated heterocycles. The van der Waals surface area contributed by atoms with Gasteiger partial charge in [0.15, 0.2) is 12.4 Å². The fourth-order valence-corrected chi connectivity index (χ4v) is 3.25. The number of amides is 4. The maximum Gasteiger partial charge on any atom is 0.326 e. The van der Waals surface area contributed by atoms with E-state index >= 15 is 0 Å². The van der Waals surface area contributed by atoms with Crippen LogP contribution in [0.15, 0.2) is 30.3 Å². The molecule has 1 aliphatic heterocycles. The molecule has 30 heavy (non-hydrogen) atoms. The van der Waals surface area contributed by atoms with Crippen molar-refractivity contribution in [3.05, 3.63) is 35.9 Å². The van der Waals surface area contributed by atoms with E-state index in [9.17, 15) is 24.0 Å². The second-order valence-corrected chi connectivity index (χ2v) is 7.19. The highest BCUT2D eigenvalue weighted by Gasteiger charge is 2.49. The molecule has 162 valence electrons. The van der Waals surface area contributed by atoms with Crippen LogP contribution in [0.3, 0.4) is 0 Å². The van der Waals surface area contributed by atoms with Crippen molar-refractivity contribution >= 4 is 29.6 Å². The van der Waals surface area contributed by atoms with Crippen molar-refractivity contribution in [3.8, 4) is 0 Å². The predicted molar refractivity (Wildman–Crippen MR) is 107 cm³/mol. The third kappa shape index (κ3) is 5.43. The molecule has 1 aromatic rings. The monoisotopic (exact) mass is 417 g/mol. The summed E-state index contributed by atoms with van der Waals surface area (Å²) in [7, 11) is 0. The molecule has 1 aliphatic rings. The molecule has 9 nitrogen and oxygen atoms in total. The molecule has 2 rings (SSSR count). The van der Waals surface area contributed by atoms with Crippen LogP contribution < -0.4 is 10.6 Å². The lowest BCUT2D eigenvalue weighted by atomic mass is 9.93. The quantitative estimate of drug-likeness (QED) is 0.432. The van der Waals surface area contributed by atoms with Crippen LogP contribution in [0, 0.1) is 0 Å². The number of benzene rings is 1. The summed E-state index contributed by atoms with van der Waals surface area (Å²) in [5, 5.41) is 5.15. The van der Waals surface area contributed by atoms with Crippen LogP contribution in [0.2, 0.25) is 0 Å². The molecule has 9 heteroatoms. The highest BCUT2D eigenvalue weighted by Crippen LogP contribution is 2.24. The normalized spacial score (nSPS) is 16.0. The Balaban J connectivity index is 1.86. The highest BCUT2D eigenvalue weighted by molar-refractivity contribution is 6.08. The van der Waals surface area contributed by atoms with E-state index in [2.05, 4.69) is 10.6 Å². The number of esters is 1. The number of carbonyl (C=O) groups excluding carboxylic acids is 5. The van der Waals surface area contributed by atoms with Gasteiger partial charge in [-0.05, 0) is 31.7 Å².